The molecular weight excluding hydrogens is 430 g/mol. The number of carbonyl (C=O) groups excluding carboxylic acids is 3. The van der Waals surface area contributed by atoms with Crippen LogP contribution in [0.4, 0.5) is 4.79 Å². The van der Waals surface area contributed by atoms with Gasteiger partial charge in [-0.2, -0.15) is 4.98 Å². The number of ether oxygens (including phenoxy) is 2. The summed E-state index contributed by atoms with van der Waals surface area (Å²) in [6.45, 7) is 1.86. The second-order valence-corrected chi connectivity index (χ2v) is 8.51. The highest BCUT2D eigenvalue weighted by Crippen LogP contribution is 2.39. The molecule has 2 aromatic rings. The summed E-state index contributed by atoms with van der Waals surface area (Å²) >= 11 is 0. The van der Waals surface area contributed by atoms with Crippen molar-refractivity contribution >= 4 is 17.8 Å². The first-order valence-electron chi connectivity index (χ1n) is 10.9. The van der Waals surface area contributed by atoms with Gasteiger partial charge in [0.05, 0.1) is 18.1 Å². The van der Waals surface area contributed by atoms with Gasteiger partial charge >= 0.3 is 6.03 Å². The number of hydrogen-bond acceptors (Lipinski definition) is 8. The standard InChI is InChI=1S/C22H25N5O6/c1-13-24-20(33-25-13)11-27-21(29)15-7-17-18(32-12-31-17)8-16(15)26(22(27)30)10-19(28)23-9-14-5-3-2-4-6-14/h2-6,15-18H,7-12H2,1H3,(H,23,28). The summed E-state index contributed by atoms with van der Waals surface area (Å²) < 4.78 is 16.4. The fourth-order valence-electron chi connectivity index (χ4n) is 4.76. The van der Waals surface area contributed by atoms with E-state index in [1.807, 2.05) is 30.3 Å². The minimum atomic E-state index is -0.552. The Morgan fingerprint density at radius 3 is 2.64 bits per heavy atom. The second kappa shape index (κ2) is 8.91. The number of hydrogen-bond donors (Lipinski definition) is 1. The third kappa shape index (κ3) is 4.33. The average Bonchev–Trinajstić information content (AvgIpc) is 3.46. The Morgan fingerprint density at radius 2 is 1.91 bits per heavy atom. The number of aryl methyl sites for hydroxylation is 1. The summed E-state index contributed by atoms with van der Waals surface area (Å²) in [6, 6.07) is 8.51. The highest BCUT2D eigenvalue weighted by Gasteiger charge is 2.53. The maximum atomic E-state index is 13.4. The lowest BCUT2D eigenvalue weighted by Gasteiger charge is -2.48. The molecule has 3 fully saturated rings. The number of imide groups is 1. The van der Waals surface area contributed by atoms with Crippen molar-refractivity contribution in [2.75, 3.05) is 13.3 Å². The van der Waals surface area contributed by atoms with Crippen LogP contribution in [0.5, 0.6) is 0 Å². The Labute approximate surface area is 190 Å². The molecule has 11 nitrogen and oxygen atoms in total. The summed E-state index contributed by atoms with van der Waals surface area (Å²) in [5.41, 5.74) is 0.953. The van der Waals surface area contributed by atoms with Crippen molar-refractivity contribution in [3.63, 3.8) is 0 Å². The van der Waals surface area contributed by atoms with E-state index in [0.29, 0.717) is 25.2 Å². The Bertz CT molecular complexity index is 1040. The first-order valence-corrected chi connectivity index (χ1v) is 10.9. The van der Waals surface area contributed by atoms with Crippen LogP contribution in [0.1, 0.15) is 30.1 Å². The first kappa shape index (κ1) is 21.5. The van der Waals surface area contributed by atoms with Crippen LogP contribution in [-0.2, 0) is 32.2 Å². The van der Waals surface area contributed by atoms with E-state index in [9.17, 15) is 14.4 Å². The molecule has 4 amide bonds. The number of fused-ring (bicyclic) bond motifs is 2. The van der Waals surface area contributed by atoms with Gasteiger partial charge < -0.3 is 24.2 Å². The molecule has 1 saturated carbocycles. The number of nitrogens with one attached hydrogen (secondary N) is 1. The number of urea groups is 1. The molecule has 1 aliphatic carbocycles. The molecule has 33 heavy (non-hydrogen) atoms. The number of nitrogens with zero attached hydrogens (tertiary/aromatic N) is 4. The van der Waals surface area contributed by atoms with E-state index in [-0.39, 0.29) is 49.8 Å². The van der Waals surface area contributed by atoms with Crippen LogP contribution >= 0.6 is 0 Å². The summed E-state index contributed by atoms with van der Waals surface area (Å²) in [4.78, 5) is 46.1. The van der Waals surface area contributed by atoms with Gasteiger partial charge in [0, 0.05) is 12.6 Å². The molecule has 3 aliphatic rings. The molecule has 5 rings (SSSR count). The first-order chi connectivity index (χ1) is 16.0. The van der Waals surface area contributed by atoms with Gasteiger partial charge in [-0.15, -0.1) is 0 Å². The molecule has 2 saturated heterocycles. The third-order valence-corrected chi connectivity index (χ3v) is 6.37. The molecule has 1 N–H and O–H groups in total. The number of aromatic nitrogens is 2. The smallest absolute Gasteiger partial charge is 0.327 e. The molecule has 174 valence electrons. The van der Waals surface area contributed by atoms with Gasteiger partial charge in [0.25, 0.3) is 0 Å². The van der Waals surface area contributed by atoms with Crippen LogP contribution in [0.15, 0.2) is 34.9 Å². The Hall–Kier alpha value is -3.31. The molecule has 1 aromatic carbocycles. The molecule has 2 aliphatic heterocycles. The van der Waals surface area contributed by atoms with Gasteiger partial charge in [-0.05, 0) is 25.3 Å². The van der Waals surface area contributed by atoms with Gasteiger partial charge in [-0.25, -0.2) is 4.79 Å². The summed E-state index contributed by atoms with van der Waals surface area (Å²) in [5, 5.41) is 6.58. The zero-order chi connectivity index (χ0) is 22.9. The van der Waals surface area contributed by atoms with E-state index in [2.05, 4.69) is 15.5 Å². The fourth-order valence-corrected chi connectivity index (χ4v) is 4.76. The van der Waals surface area contributed by atoms with E-state index < -0.39 is 18.0 Å². The van der Waals surface area contributed by atoms with Crippen molar-refractivity contribution in [1.29, 1.82) is 0 Å². The van der Waals surface area contributed by atoms with Crippen LogP contribution in [0, 0.1) is 12.8 Å². The number of rotatable bonds is 6. The number of benzene rings is 1. The summed E-state index contributed by atoms with van der Waals surface area (Å²) in [7, 11) is 0. The molecular formula is C22H25N5O6. The Balaban J connectivity index is 1.35. The minimum Gasteiger partial charge on any atom is -0.350 e. The minimum absolute atomic E-state index is 0.144. The molecule has 0 radical (unpaired) electrons. The van der Waals surface area contributed by atoms with Gasteiger partial charge in [0.1, 0.15) is 19.9 Å². The Morgan fingerprint density at radius 1 is 1.15 bits per heavy atom. The molecule has 1 aromatic heterocycles. The normalized spacial score (nSPS) is 26.8. The van der Waals surface area contributed by atoms with Crippen LogP contribution < -0.4 is 5.32 Å². The summed E-state index contributed by atoms with van der Waals surface area (Å²) in [6.07, 6.45) is 0.450. The lowest BCUT2D eigenvalue weighted by molar-refractivity contribution is -0.146. The number of carbonyl (C=O) groups is 3. The van der Waals surface area contributed by atoms with E-state index in [1.165, 1.54) is 4.90 Å². The fraction of sp³-hybridized carbons (Fsp3) is 0.500. The Kier molecular flexibility index (Phi) is 5.81. The van der Waals surface area contributed by atoms with Crippen LogP contribution in [-0.4, -0.2) is 69.4 Å². The largest absolute Gasteiger partial charge is 0.350 e. The topological polar surface area (TPSA) is 127 Å². The van der Waals surface area contributed by atoms with Crippen LogP contribution in [0.25, 0.3) is 0 Å². The van der Waals surface area contributed by atoms with E-state index >= 15 is 0 Å². The van der Waals surface area contributed by atoms with E-state index in [1.54, 1.807) is 6.92 Å². The quantitative estimate of drug-likeness (QED) is 0.683. The van der Waals surface area contributed by atoms with Crippen LogP contribution in [0.3, 0.4) is 0 Å². The lowest BCUT2D eigenvalue weighted by Crippen LogP contribution is -2.65. The zero-order valence-corrected chi connectivity index (χ0v) is 18.2. The monoisotopic (exact) mass is 455 g/mol. The van der Waals surface area contributed by atoms with Gasteiger partial charge in [0.2, 0.25) is 17.7 Å². The predicted molar refractivity (Wildman–Crippen MR) is 111 cm³/mol. The summed E-state index contributed by atoms with van der Waals surface area (Å²) in [5.74, 6) is -0.559. The number of amides is 4. The third-order valence-electron chi connectivity index (χ3n) is 6.37. The lowest BCUT2D eigenvalue weighted by atomic mass is 9.78. The molecule has 3 heterocycles. The van der Waals surface area contributed by atoms with E-state index in [0.717, 1.165) is 10.5 Å². The maximum Gasteiger partial charge on any atom is 0.327 e. The van der Waals surface area contributed by atoms with Crippen molar-refractivity contribution in [3.05, 3.63) is 47.6 Å². The van der Waals surface area contributed by atoms with Crippen molar-refractivity contribution < 1.29 is 28.4 Å². The molecule has 11 heteroatoms. The SMILES string of the molecule is Cc1noc(CN2C(=O)C3CC4OCOC4CC3N(CC(=O)NCc3ccccc3)C2=O)n1. The highest BCUT2D eigenvalue weighted by atomic mass is 16.7. The van der Waals surface area contributed by atoms with Crippen molar-refractivity contribution in [1.82, 2.24) is 25.3 Å². The highest BCUT2D eigenvalue weighted by molar-refractivity contribution is 6.00. The molecule has 4 atom stereocenters. The zero-order valence-electron chi connectivity index (χ0n) is 18.2. The average molecular weight is 455 g/mol. The van der Waals surface area contributed by atoms with Crippen molar-refractivity contribution in [3.8, 4) is 0 Å². The molecule has 0 bridgehead atoms. The van der Waals surface area contributed by atoms with Gasteiger partial charge in [-0.3, -0.25) is 14.5 Å². The van der Waals surface area contributed by atoms with Gasteiger partial charge in [-0.1, -0.05) is 35.5 Å². The predicted octanol–water partition coefficient (Wildman–Crippen LogP) is 0.979. The van der Waals surface area contributed by atoms with Crippen molar-refractivity contribution in [2.45, 2.75) is 51.1 Å². The van der Waals surface area contributed by atoms with Gasteiger partial charge in [0.15, 0.2) is 5.82 Å². The molecule has 0 spiro atoms. The van der Waals surface area contributed by atoms with E-state index in [4.69, 9.17) is 14.0 Å². The van der Waals surface area contributed by atoms with Crippen molar-refractivity contribution in [2.24, 2.45) is 5.92 Å². The molecule has 4 unspecified atom stereocenters. The second-order valence-electron chi connectivity index (χ2n) is 8.51. The van der Waals surface area contributed by atoms with Crippen LogP contribution in [0.2, 0.25) is 0 Å². The maximum absolute atomic E-state index is 13.4.